The third-order valence-corrected chi connectivity index (χ3v) is 2.48. The Labute approximate surface area is 92.1 Å². The first-order valence-corrected chi connectivity index (χ1v) is 5.25. The summed E-state index contributed by atoms with van der Waals surface area (Å²) in [6.07, 6.45) is 2.31. The summed E-state index contributed by atoms with van der Waals surface area (Å²) in [7, 11) is 3.49. The number of benzene rings is 1. The van der Waals surface area contributed by atoms with Gasteiger partial charge in [-0.15, -0.1) is 0 Å². The molecule has 0 spiro atoms. The van der Waals surface area contributed by atoms with E-state index in [0.717, 1.165) is 17.7 Å². The first-order valence-electron chi connectivity index (χ1n) is 5.25. The normalized spacial score (nSPS) is 10.1. The molecule has 15 heavy (non-hydrogen) atoms. The van der Waals surface area contributed by atoms with Crippen molar-refractivity contribution in [3.63, 3.8) is 0 Å². The number of aryl methyl sites for hydroxylation is 1. The van der Waals surface area contributed by atoms with Gasteiger partial charge in [0.2, 0.25) is 0 Å². The summed E-state index contributed by atoms with van der Waals surface area (Å²) in [4.78, 5) is 5.08. The molecule has 0 bridgehead atoms. The maximum Gasteiger partial charge on any atom is 0.0638 e. The molecule has 0 aliphatic rings. The lowest BCUT2D eigenvalue weighted by Crippen LogP contribution is -2.13. The predicted octanol–water partition coefficient (Wildman–Crippen LogP) is 3.10. The second-order valence-corrected chi connectivity index (χ2v) is 3.57. The molecule has 0 saturated heterocycles. The summed E-state index contributed by atoms with van der Waals surface area (Å²) in [5.41, 5.74) is 3.34. The van der Waals surface area contributed by atoms with Gasteiger partial charge in [-0.2, -0.15) is 0 Å². The smallest absolute Gasteiger partial charge is 0.0638 e. The number of hydrogen-bond acceptors (Lipinski definition) is 2. The maximum absolute atomic E-state index is 5.08. The van der Waals surface area contributed by atoms with Crippen LogP contribution in [0.4, 0.5) is 0 Å². The predicted molar refractivity (Wildman–Crippen MR) is 64.2 cm³/mol. The van der Waals surface area contributed by atoms with Crippen LogP contribution < -0.4 is 0 Å². The second-order valence-electron chi connectivity index (χ2n) is 3.57. The maximum atomic E-state index is 5.08. The lowest BCUT2D eigenvalue weighted by Gasteiger charge is -2.18. The van der Waals surface area contributed by atoms with Gasteiger partial charge in [-0.05, 0) is 17.5 Å². The molecule has 0 radical (unpaired) electrons. The minimum atomic E-state index is 0.876. The molecule has 0 saturated carbocycles. The standard InChI is InChI=1S/C13H19NO/c1-5-6-12-7-9-13(10-8-12)11(2)14(3)15-4/h7-10H,2,5-6H2,1,3-4H3. The van der Waals surface area contributed by atoms with Crippen molar-refractivity contribution in [1.29, 1.82) is 0 Å². The van der Waals surface area contributed by atoms with Gasteiger partial charge < -0.3 is 0 Å². The van der Waals surface area contributed by atoms with Crippen LogP contribution in [0, 0.1) is 0 Å². The zero-order valence-electron chi connectivity index (χ0n) is 9.79. The molecular formula is C13H19NO. The molecule has 0 aromatic heterocycles. The number of hydroxylamine groups is 2. The topological polar surface area (TPSA) is 12.5 Å². The van der Waals surface area contributed by atoms with Crippen molar-refractivity contribution in [2.75, 3.05) is 14.2 Å². The Morgan fingerprint density at radius 1 is 1.33 bits per heavy atom. The Hall–Kier alpha value is -1.28. The van der Waals surface area contributed by atoms with E-state index in [0.29, 0.717) is 0 Å². The molecule has 1 rings (SSSR count). The van der Waals surface area contributed by atoms with Crippen LogP contribution in [0.5, 0.6) is 0 Å². The molecule has 0 heterocycles. The van der Waals surface area contributed by atoms with Crippen molar-refractivity contribution >= 4 is 5.70 Å². The fraction of sp³-hybridized carbons (Fsp3) is 0.385. The van der Waals surface area contributed by atoms with Crippen LogP contribution in [-0.2, 0) is 11.3 Å². The summed E-state index contributed by atoms with van der Waals surface area (Å²) in [5.74, 6) is 0. The molecule has 0 amide bonds. The molecule has 82 valence electrons. The highest BCUT2D eigenvalue weighted by Crippen LogP contribution is 2.16. The van der Waals surface area contributed by atoms with E-state index in [9.17, 15) is 0 Å². The Balaban J connectivity index is 2.75. The largest absolute Gasteiger partial charge is 0.277 e. The summed E-state index contributed by atoms with van der Waals surface area (Å²) in [6.45, 7) is 6.16. The van der Waals surface area contributed by atoms with Crippen LogP contribution in [-0.4, -0.2) is 19.2 Å². The average Bonchev–Trinajstić information content (AvgIpc) is 2.28. The number of rotatable bonds is 5. The van der Waals surface area contributed by atoms with Gasteiger partial charge in [0.15, 0.2) is 0 Å². The summed E-state index contributed by atoms with van der Waals surface area (Å²) >= 11 is 0. The van der Waals surface area contributed by atoms with Crippen LogP contribution >= 0.6 is 0 Å². The molecule has 0 atom stereocenters. The van der Waals surface area contributed by atoms with Gasteiger partial charge in [0.1, 0.15) is 0 Å². The first kappa shape index (κ1) is 11.8. The van der Waals surface area contributed by atoms with Gasteiger partial charge in [0.25, 0.3) is 0 Å². The Morgan fingerprint density at radius 3 is 2.40 bits per heavy atom. The molecule has 0 aliphatic heterocycles. The van der Waals surface area contributed by atoms with Gasteiger partial charge in [-0.3, -0.25) is 9.90 Å². The van der Waals surface area contributed by atoms with Crippen LogP contribution in [0.25, 0.3) is 5.70 Å². The van der Waals surface area contributed by atoms with Crippen molar-refractivity contribution in [2.45, 2.75) is 19.8 Å². The van der Waals surface area contributed by atoms with Crippen molar-refractivity contribution in [3.05, 3.63) is 42.0 Å². The van der Waals surface area contributed by atoms with E-state index in [2.05, 4.69) is 37.8 Å². The minimum Gasteiger partial charge on any atom is -0.277 e. The quantitative estimate of drug-likeness (QED) is 0.685. The van der Waals surface area contributed by atoms with Crippen molar-refractivity contribution in [1.82, 2.24) is 5.06 Å². The summed E-state index contributed by atoms with van der Waals surface area (Å²) in [6, 6.07) is 8.46. The highest BCUT2D eigenvalue weighted by molar-refractivity contribution is 5.60. The Morgan fingerprint density at radius 2 is 1.93 bits per heavy atom. The highest BCUT2D eigenvalue weighted by Gasteiger charge is 2.03. The second kappa shape index (κ2) is 5.56. The molecule has 0 aliphatic carbocycles. The number of nitrogens with zero attached hydrogens (tertiary/aromatic N) is 1. The van der Waals surface area contributed by atoms with Crippen molar-refractivity contribution in [3.8, 4) is 0 Å². The fourth-order valence-corrected chi connectivity index (χ4v) is 1.44. The lowest BCUT2D eigenvalue weighted by molar-refractivity contribution is -0.0524. The van der Waals surface area contributed by atoms with E-state index >= 15 is 0 Å². The zero-order chi connectivity index (χ0) is 11.3. The average molecular weight is 205 g/mol. The molecule has 0 unspecified atom stereocenters. The molecule has 0 N–H and O–H groups in total. The molecule has 1 aromatic carbocycles. The SMILES string of the molecule is C=C(c1ccc(CCC)cc1)N(C)OC. The van der Waals surface area contributed by atoms with Gasteiger partial charge in [-0.1, -0.05) is 44.2 Å². The third-order valence-electron chi connectivity index (χ3n) is 2.48. The van der Waals surface area contributed by atoms with Crippen LogP contribution in [0.2, 0.25) is 0 Å². The Kier molecular flexibility index (Phi) is 4.37. The van der Waals surface area contributed by atoms with Gasteiger partial charge >= 0.3 is 0 Å². The van der Waals surface area contributed by atoms with Crippen molar-refractivity contribution < 1.29 is 4.84 Å². The van der Waals surface area contributed by atoms with E-state index < -0.39 is 0 Å². The van der Waals surface area contributed by atoms with E-state index in [1.165, 1.54) is 12.0 Å². The molecule has 1 aromatic rings. The van der Waals surface area contributed by atoms with E-state index in [1.807, 2.05) is 7.05 Å². The van der Waals surface area contributed by atoms with E-state index in [4.69, 9.17) is 4.84 Å². The van der Waals surface area contributed by atoms with E-state index in [1.54, 1.807) is 12.2 Å². The lowest BCUT2D eigenvalue weighted by atomic mass is 10.1. The van der Waals surface area contributed by atoms with Crippen molar-refractivity contribution in [2.24, 2.45) is 0 Å². The monoisotopic (exact) mass is 205 g/mol. The fourth-order valence-electron chi connectivity index (χ4n) is 1.44. The highest BCUT2D eigenvalue weighted by atomic mass is 16.7. The minimum absolute atomic E-state index is 0.876. The van der Waals surface area contributed by atoms with Gasteiger partial charge in [0, 0.05) is 7.05 Å². The van der Waals surface area contributed by atoms with Gasteiger partial charge in [-0.25, -0.2) is 0 Å². The molecule has 2 nitrogen and oxygen atoms in total. The third kappa shape index (κ3) is 3.10. The molecular weight excluding hydrogens is 186 g/mol. The zero-order valence-corrected chi connectivity index (χ0v) is 9.79. The summed E-state index contributed by atoms with van der Waals surface area (Å²) < 4.78 is 0. The number of hydrogen-bond donors (Lipinski definition) is 0. The molecule has 2 heteroatoms. The Bertz CT molecular complexity index is 316. The van der Waals surface area contributed by atoms with Gasteiger partial charge in [0.05, 0.1) is 12.8 Å². The van der Waals surface area contributed by atoms with Crippen LogP contribution in [0.1, 0.15) is 24.5 Å². The first-order chi connectivity index (χ1) is 7.19. The van der Waals surface area contributed by atoms with Crippen LogP contribution in [0.15, 0.2) is 30.8 Å². The van der Waals surface area contributed by atoms with Crippen LogP contribution in [0.3, 0.4) is 0 Å². The molecule has 0 fully saturated rings. The summed E-state index contributed by atoms with van der Waals surface area (Å²) in [5, 5.41) is 1.66. The van der Waals surface area contributed by atoms with E-state index in [-0.39, 0.29) is 0 Å².